The lowest BCUT2D eigenvalue weighted by molar-refractivity contribution is -0.141. The van der Waals surface area contributed by atoms with Crippen molar-refractivity contribution in [3.8, 4) is 0 Å². The van der Waals surface area contributed by atoms with Crippen LogP contribution in [0.4, 0.5) is 4.79 Å². The van der Waals surface area contributed by atoms with Crippen LogP contribution in [-0.4, -0.2) is 67.6 Å². The third-order valence-electron chi connectivity index (χ3n) is 3.47. The molecule has 2 N–H and O–H groups in total. The number of nitrogens with one attached hydrogen (secondary N) is 1. The van der Waals surface area contributed by atoms with Crippen LogP contribution in [0.15, 0.2) is 0 Å². The lowest BCUT2D eigenvalue weighted by atomic mass is 10.2. The van der Waals surface area contributed by atoms with Crippen LogP contribution in [0.3, 0.4) is 0 Å². The third-order valence-corrected chi connectivity index (χ3v) is 3.47. The van der Waals surface area contributed by atoms with Gasteiger partial charge in [-0.2, -0.15) is 0 Å². The van der Waals surface area contributed by atoms with Crippen molar-refractivity contribution >= 4 is 12.0 Å². The number of carboxylic acid groups (broad SMARTS) is 1. The van der Waals surface area contributed by atoms with E-state index in [4.69, 9.17) is 9.47 Å². The van der Waals surface area contributed by atoms with E-state index >= 15 is 0 Å². The number of likely N-dealkylation sites (tertiary alicyclic amines) is 1. The molecule has 2 amide bonds. The molecule has 0 aromatic carbocycles. The molecule has 0 radical (unpaired) electrons. The Hall–Kier alpha value is -1.34. The molecular formula is C13H24N2O5. The number of aliphatic carboxylic acids is 1. The maximum absolute atomic E-state index is 12.2. The number of hydrogen-bond donors (Lipinski definition) is 2. The number of carbonyl (C=O) groups excluding carboxylic acids is 1. The Morgan fingerprint density at radius 1 is 1.45 bits per heavy atom. The highest BCUT2D eigenvalue weighted by atomic mass is 16.5. The topological polar surface area (TPSA) is 88.1 Å². The van der Waals surface area contributed by atoms with Crippen molar-refractivity contribution in [3.05, 3.63) is 0 Å². The Labute approximate surface area is 119 Å². The molecule has 1 rings (SSSR count). The Kier molecular flexibility index (Phi) is 6.74. The van der Waals surface area contributed by atoms with E-state index in [-0.39, 0.29) is 18.2 Å². The van der Waals surface area contributed by atoms with Crippen LogP contribution in [0.25, 0.3) is 0 Å². The van der Waals surface area contributed by atoms with Gasteiger partial charge in [-0.15, -0.1) is 0 Å². The van der Waals surface area contributed by atoms with Crippen LogP contribution < -0.4 is 5.32 Å². The standard InChI is InChI=1S/C13H24N2O5/c1-4-5-9(8-19-2)14-13(18)15-7-10(20-3)6-11(15)12(16)17/h9-11H,4-8H2,1-3H3,(H,14,18)(H,16,17). The normalized spacial score (nSPS) is 23.6. The van der Waals surface area contributed by atoms with E-state index in [1.54, 1.807) is 7.11 Å². The summed E-state index contributed by atoms with van der Waals surface area (Å²) in [6.45, 7) is 2.73. The molecule has 0 aromatic heterocycles. The molecule has 1 heterocycles. The molecule has 116 valence electrons. The highest BCUT2D eigenvalue weighted by molar-refractivity contribution is 5.83. The van der Waals surface area contributed by atoms with Crippen LogP contribution in [-0.2, 0) is 14.3 Å². The molecule has 1 aliphatic heterocycles. The Balaban J connectivity index is 2.65. The van der Waals surface area contributed by atoms with Crippen molar-refractivity contribution in [2.24, 2.45) is 0 Å². The summed E-state index contributed by atoms with van der Waals surface area (Å²) in [6.07, 6.45) is 1.80. The quantitative estimate of drug-likeness (QED) is 0.719. The van der Waals surface area contributed by atoms with Gasteiger partial charge < -0.3 is 24.8 Å². The molecule has 1 saturated heterocycles. The second-order valence-corrected chi connectivity index (χ2v) is 4.99. The van der Waals surface area contributed by atoms with Gasteiger partial charge in [0.1, 0.15) is 6.04 Å². The number of hydrogen-bond acceptors (Lipinski definition) is 4. The lowest BCUT2D eigenvalue weighted by Gasteiger charge is -2.25. The summed E-state index contributed by atoms with van der Waals surface area (Å²) in [7, 11) is 3.10. The maximum Gasteiger partial charge on any atom is 0.326 e. The van der Waals surface area contributed by atoms with Gasteiger partial charge in [0.15, 0.2) is 0 Å². The van der Waals surface area contributed by atoms with Gasteiger partial charge >= 0.3 is 12.0 Å². The van der Waals surface area contributed by atoms with Gasteiger partial charge in [0, 0.05) is 27.2 Å². The largest absolute Gasteiger partial charge is 0.480 e. The summed E-state index contributed by atoms with van der Waals surface area (Å²) >= 11 is 0. The van der Waals surface area contributed by atoms with Gasteiger partial charge in [0.05, 0.1) is 18.8 Å². The summed E-state index contributed by atoms with van der Waals surface area (Å²) in [5, 5.41) is 12.0. The number of carbonyl (C=O) groups is 2. The molecule has 0 saturated carbocycles. The summed E-state index contributed by atoms with van der Waals surface area (Å²) < 4.78 is 10.2. The SMILES string of the molecule is CCCC(COC)NC(=O)N1CC(OC)CC1C(=O)O. The fraction of sp³-hybridized carbons (Fsp3) is 0.846. The Morgan fingerprint density at radius 2 is 2.15 bits per heavy atom. The number of urea groups is 1. The first-order chi connectivity index (χ1) is 9.53. The minimum absolute atomic E-state index is 0.103. The zero-order valence-electron chi connectivity index (χ0n) is 12.3. The number of methoxy groups -OCH3 is 2. The van der Waals surface area contributed by atoms with E-state index in [0.29, 0.717) is 19.6 Å². The van der Waals surface area contributed by atoms with Crippen molar-refractivity contribution in [1.29, 1.82) is 0 Å². The second-order valence-electron chi connectivity index (χ2n) is 4.99. The highest BCUT2D eigenvalue weighted by Crippen LogP contribution is 2.20. The smallest absolute Gasteiger partial charge is 0.326 e. The zero-order valence-corrected chi connectivity index (χ0v) is 12.3. The third kappa shape index (κ3) is 4.35. The van der Waals surface area contributed by atoms with Crippen LogP contribution >= 0.6 is 0 Å². The molecule has 7 heteroatoms. The first kappa shape index (κ1) is 16.7. The van der Waals surface area contributed by atoms with E-state index < -0.39 is 12.0 Å². The minimum Gasteiger partial charge on any atom is -0.480 e. The maximum atomic E-state index is 12.2. The average Bonchev–Trinajstić information content (AvgIpc) is 2.83. The molecule has 1 aliphatic rings. The van der Waals surface area contributed by atoms with Gasteiger partial charge in [-0.1, -0.05) is 13.3 Å². The molecule has 7 nitrogen and oxygen atoms in total. The van der Waals surface area contributed by atoms with Gasteiger partial charge in [0.25, 0.3) is 0 Å². The predicted octanol–water partition coefficient (Wildman–Crippen LogP) is 0.685. The summed E-state index contributed by atoms with van der Waals surface area (Å²) in [6, 6.07) is -1.30. The highest BCUT2D eigenvalue weighted by Gasteiger charge is 2.40. The first-order valence-electron chi connectivity index (χ1n) is 6.85. The average molecular weight is 288 g/mol. The number of rotatable bonds is 7. The lowest BCUT2D eigenvalue weighted by Crippen LogP contribution is -2.50. The van der Waals surface area contributed by atoms with E-state index in [9.17, 15) is 14.7 Å². The second kappa shape index (κ2) is 8.06. The van der Waals surface area contributed by atoms with Gasteiger partial charge in [-0.3, -0.25) is 0 Å². The predicted molar refractivity (Wildman–Crippen MR) is 72.6 cm³/mol. The Bertz CT molecular complexity index is 331. The number of amides is 2. The molecular weight excluding hydrogens is 264 g/mol. The fourth-order valence-electron chi connectivity index (χ4n) is 2.43. The summed E-state index contributed by atoms with van der Waals surface area (Å²) in [5.74, 6) is -1.00. The molecule has 0 bridgehead atoms. The Morgan fingerprint density at radius 3 is 2.65 bits per heavy atom. The fourth-order valence-corrected chi connectivity index (χ4v) is 2.43. The van der Waals surface area contributed by atoms with Crippen LogP contribution in [0, 0.1) is 0 Å². The van der Waals surface area contributed by atoms with Gasteiger partial charge in [0.2, 0.25) is 0 Å². The van der Waals surface area contributed by atoms with Crippen LogP contribution in [0.1, 0.15) is 26.2 Å². The van der Waals surface area contributed by atoms with Crippen molar-refractivity contribution in [2.45, 2.75) is 44.4 Å². The number of ether oxygens (including phenoxy) is 2. The molecule has 0 aliphatic carbocycles. The molecule has 1 fully saturated rings. The molecule has 0 aromatic rings. The summed E-state index contributed by atoms with van der Waals surface area (Å²) in [5.41, 5.74) is 0. The first-order valence-corrected chi connectivity index (χ1v) is 6.85. The van der Waals surface area contributed by atoms with E-state index in [2.05, 4.69) is 5.32 Å². The van der Waals surface area contributed by atoms with Gasteiger partial charge in [-0.05, 0) is 6.42 Å². The molecule has 0 spiro atoms. The van der Waals surface area contributed by atoms with E-state index in [1.807, 2.05) is 6.92 Å². The van der Waals surface area contributed by atoms with Crippen LogP contribution in [0.5, 0.6) is 0 Å². The number of carboxylic acids is 1. The molecule has 3 unspecified atom stereocenters. The van der Waals surface area contributed by atoms with Crippen molar-refractivity contribution in [1.82, 2.24) is 10.2 Å². The summed E-state index contributed by atoms with van der Waals surface area (Å²) in [4.78, 5) is 24.8. The van der Waals surface area contributed by atoms with Crippen molar-refractivity contribution in [2.75, 3.05) is 27.4 Å². The molecule has 3 atom stereocenters. The monoisotopic (exact) mass is 288 g/mol. The minimum atomic E-state index is -1.00. The van der Waals surface area contributed by atoms with Crippen LogP contribution in [0.2, 0.25) is 0 Å². The zero-order chi connectivity index (χ0) is 15.1. The van der Waals surface area contributed by atoms with Crippen molar-refractivity contribution < 1.29 is 24.2 Å². The van der Waals surface area contributed by atoms with Gasteiger partial charge in [-0.25, -0.2) is 9.59 Å². The van der Waals surface area contributed by atoms with Crippen molar-refractivity contribution in [3.63, 3.8) is 0 Å². The number of nitrogens with zero attached hydrogens (tertiary/aromatic N) is 1. The molecule has 20 heavy (non-hydrogen) atoms. The van der Waals surface area contributed by atoms with E-state index in [0.717, 1.165) is 12.8 Å². The van der Waals surface area contributed by atoms with E-state index in [1.165, 1.54) is 12.0 Å².